The van der Waals surface area contributed by atoms with Gasteiger partial charge in [0.15, 0.2) is 5.65 Å². The van der Waals surface area contributed by atoms with E-state index in [1.807, 2.05) is 0 Å². The van der Waals surface area contributed by atoms with E-state index in [1.54, 1.807) is 17.7 Å². The summed E-state index contributed by atoms with van der Waals surface area (Å²) in [4.78, 5) is 26.4. The van der Waals surface area contributed by atoms with Crippen LogP contribution in [0, 0.1) is 5.92 Å². The highest BCUT2D eigenvalue weighted by Gasteiger charge is 2.41. The van der Waals surface area contributed by atoms with E-state index in [0.717, 1.165) is 0 Å². The molecule has 1 aliphatic heterocycles. The Morgan fingerprint density at radius 1 is 1.13 bits per heavy atom. The third-order valence-corrected chi connectivity index (χ3v) is 7.41. The van der Waals surface area contributed by atoms with Gasteiger partial charge in [0.1, 0.15) is 17.2 Å². The summed E-state index contributed by atoms with van der Waals surface area (Å²) < 4.78 is 52.3. The molecule has 2 fully saturated rings. The molecule has 14 heteroatoms. The molecule has 0 bridgehead atoms. The largest absolute Gasteiger partial charge is 0.471 e. The van der Waals surface area contributed by atoms with Crippen LogP contribution >= 0.6 is 23.2 Å². The molecule has 3 aromatic heterocycles. The van der Waals surface area contributed by atoms with Crippen molar-refractivity contribution in [3.8, 4) is 5.88 Å². The Bertz CT molecular complexity index is 1320. The number of carbonyl (C=O) groups is 1. The lowest BCUT2D eigenvalue weighted by Gasteiger charge is -2.30. The number of fused-ring (bicyclic) bond motifs is 1. The first kappa shape index (κ1) is 26.8. The molecule has 5 rings (SSSR count). The van der Waals surface area contributed by atoms with Crippen molar-refractivity contribution >= 4 is 51.9 Å². The van der Waals surface area contributed by atoms with E-state index in [2.05, 4.69) is 25.6 Å². The Balaban J connectivity index is 1.43. The van der Waals surface area contributed by atoms with Gasteiger partial charge in [-0.1, -0.05) is 23.2 Å². The van der Waals surface area contributed by atoms with Crippen molar-refractivity contribution in [2.24, 2.45) is 13.0 Å². The number of carbonyl (C=O) groups excluding carboxylic acids is 1. The van der Waals surface area contributed by atoms with Gasteiger partial charge < -0.3 is 20.1 Å². The molecule has 0 radical (unpaired) electrons. The van der Waals surface area contributed by atoms with Gasteiger partial charge >= 0.3 is 6.18 Å². The summed E-state index contributed by atoms with van der Waals surface area (Å²) in [5, 5.41) is 6.53. The molecule has 204 valence electrons. The summed E-state index contributed by atoms with van der Waals surface area (Å²) in [6, 6.07) is 1.18. The quantitative estimate of drug-likeness (QED) is 0.405. The van der Waals surface area contributed by atoms with Gasteiger partial charge in [-0.15, -0.1) is 0 Å². The summed E-state index contributed by atoms with van der Waals surface area (Å²) in [6.07, 6.45) is -0.550. The van der Waals surface area contributed by atoms with Crippen LogP contribution in [0.2, 0.25) is 10.0 Å². The molecule has 0 spiro atoms. The summed E-state index contributed by atoms with van der Waals surface area (Å²) in [7, 11) is 1.73. The first-order chi connectivity index (χ1) is 18.1. The number of aryl methyl sites for hydroxylation is 1. The number of nitrogens with zero attached hydrogens (tertiary/aromatic N) is 4. The molecule has 1 atom stereocenters. The zero-order valence-corrected chi connectivity index (χ0v) is 21.8. The van der Waals surface area contributed by atoms with Crippen LogP contribution in [0.5, 0.6) is 5.88 Å². The number of anilines is 2. The maximum absolute atomic E-state index is 13.3. The van der Waals surface area contributed by atoms with Gasteiger partial charge in [-0.25, -0.2) is 4.98 Å². The number of amides is 1. The SMILES string of the molecule is Cn1c(Nc2c(Cl)cncc2Cl)nc2cc(C(=O)N[C@H]3CC[C@H](C(F)(F)F)CC3)c(OC3CCOC3)nc21. The fourth-order valence-corrected chi connectivity index (χ4v) is 5.15. The topological polar surface area (TPSA) is 103 Å². The van der Waals surface area contributed by atoms with E-state index in [4.69, 9.17) is 32.7 Å². The zero-order valence-electron chi connectivity index (χ0n) is 20.3. The number of rotatable bonds is 6. The number of halogens is 5. The Kier molecular flexibility index (Phi) is 7.56. The van der Waals surface area contributed by atoms with E-state index in [-0.39, 0.29) is 49.3 Å². The van der Waals surface area contributed by atoms with E-state index in [0.29, 0.717) is 52.5 Å². The highest BCUT2D eigenvalue weighted by molar-refractivity contribution is 6.39. The number of alkyl halides is 3. The van der Waals surface area contributed by atoms with Crippen LogP contribution < -0.4 is 15.4 Å². The number of hydrogen-bond donors (Lipinski definition) is 2. The molecule has 1 amide bonds. The van der Waals surface area contributed by atoms with Gasteiger partial charge in [0.25, 0.3) is 5.91 Å². The second kappa shape index (κ2) is 10.7. The van der Waals surface area contributed by atoms with Gasteiger partial charge in [-0.05, 0) is 31.7 Å². The number of pyridine rings is 2. The molecule has 1 aliphatic carbocycles. The van der Waals surface area contributed by atoms with Crippen LogP contribution in [0.1, 0.15) is 42.5 Å². The van der Waals surface area contributed by atoms with Gasteiger partial charge in [0.2, 0.25) is 11.8 Å². The summed E-state index contributed by atoms with van der Waals surface area (Å²) in [5.74, 6) is -1.36. The zero-order chi connectivity index (χ0) is 27.0. The Morgan fingerprint density at radius 3 is 2.47 bits per heavy atom. The monoisotopic (exact) mass is 572 g/mol. The van der Waals surface area contributed by atoms with Crippen molar-refractivity contribution in [3.63, 3.8) is 0 Å². The molecule has 38 heavy (non-hydrogen) atoms. The van der Waals surface area contributed by atoms with Crippen LogP contribution in [0.4, 0.5) is 24.8 Å². The van der Waals surface area contributed by atoms with Gasteiger partial charge in [0.05, 0.1) is 34.9 Å². The first-order valence-electron chi connectivity index (χ1n) is 12.2. The molecular weight excluding hydrogens is 548 g/mol. The van der Waals surface area contributed by atoms with Crippen molar-refractivity contribution in [3.05, 3.63) is 34.1 Å². The maximum Gasteiger partial charge on any atom is 0.391 e. The lowest BCUT2D eigenvalue weighted by molar-refractivity contribution is -0.182. The van der Waals surface area contributed by atoms with Crippen LogP contribution in [0.3, 0.4) is 0 Å². The van der Waals surface area contributed by atoms with Crippen LogP contribution in [-0.2, 0) is 11.8 Å². The third kappa shape index (κ3) is 5.62. The lowest BCUT2D eigenvalue weighted by atomic mass is 9.85. The minimum Gasteiger partial charge on any atom is -0.471 e. The molecule has 0 aromatic carbocycles. The standard InChI is InChI=1S/C24H25Cl2F3N6O3/c1-35-20-18(32-23(35)33-19-16(25)9-30-10-17(19)26)8-15(22(34-20)38-14-6-7-37-11-14)21(36)31-13-4-2-12(3-5-13)24(27,28)29/h8-10,12-14H,2-7,11H2,1H3,(H,31,36)(H,30,32,33)/t12-,13-,14?. The number of hydrogen-bond acceptors (Lipinski definition) is 7. The van der Waals surface area contributed by atoms with Crippen LogP contribution in [-0.4, -0.2) is 57.0 Å². The molecular formula is C24H25Cl2F3N6O3. The molecule has 1 saturated carbocycles. The molecule has 2 N–H and O–H groups in total. The number of aromatic nitrogens is 4. The molecule has 4 heterocycles. The number of imidazole rings is 1. The van der Waals surface area contributed by atoms with Crippen molar-refractivity contribution < 1.29 is 27.4 Å². The maximum atomic E-state index is 13.3. The fourth-order valence-electron chi connectivity index (χ4n) is 4.69. The van der Waals surface area contributed by atoms with Crippen LogP contribution in [0.15, 0.2) is 18.5 Å². The average Bonchev–Trinajstić information content (AvgIpc) is 3.48. The van der Waals surface area contributed by atoms with Gasteiger partial charge in [0, 0.05) is 31.9 Å². The smallest absolute Gasteiger partial charge is 0.391 e. The van der Waals surface area contributed by atoms with E-state index >= 15 is 0 Å². The summed E-state index contributed by atoms with van der Waals surface area (Å²) >= 11 is 12.5. The average molecular weight is 573 g/mol. The number of nitrogens with one attached hydrogen (secondary N) is 2. The molecule has 9 nitrogen and oxygen atoms in total. The molecule has 2 aliphatic rings. The molecule has 3 aromatic rings. The minimum atomic E-state index is -4.22. The minimum absolute atomic E-state index is 0.0239. The second-order valence-corrected chi connectivity index (χ2v) is 10.3. The van der Waals surface area contributed by atoms with E-state index in [1.165, 1.54) is 12.4 Å². The summed E-state index contributed by atoms with van der Waals surface area (Å²) in [5.41, 5.74) is 1.39. The predicted octanol–water partition coefficient (Wildman–Crippen LogP) is 5.43. The van der Waals surface area contributed by atoms with Crippen molar-refractivity contribution in [2.75, 3.05) is 18.5 Å². The first-order valence-corrected chi connectivity index (χ1v) is 12.9. The second-order valence-electron chi connectivity index (χ2n) is 9.45. The Labute approximate surface area is 226 Å². The van der Waals surface area contributed by atoms with E-state index < -0.39 is 18.0 Å². The van der Waals surface area contributed by atoms with Crippen LogP contribution in [0.25, 0.3) is 11.2 Å². The van der Waals surface area contributed by atoms with Gasteiger partial charge in [-0.3, -0.25) is 14.3 Å². The van der Waals surface area contributed by atoms with E-state index in [9.17, 15) is 18.0 Å². The Hall–Kier alpha value is -2.83. The normalized spacial score (nSPS) is 22.0. The molecule has 1 saturated heterocycles. The number of ether oxygens (including phenoxy) is 2. The highest BCUT2D eigenvalue weighted by atomic mass is 35.5. The fraction of sp³-hybridized carbons (Fsp3) is 0.500. The lowest BCUT2D eigenvalue weighted by Crippen LogP contribution is -2.40. The third-order valence-electron chi connectivity index (χ3n) is 6.84. The van der Waals surface area contributed by atoms with Crippen molar-refractivity contribution in [2.45, 2.75) is 50.4 Å². The Morgan fingerprint density at radius 2 is 1.84 bits per heavy atom. The summed E-state index contributed by atoms with van der Waals surface area (Å²) in [6.45, 7) is 0.892. The highest BCUT2D eigenvalue weighted by Crippen LogP contribution is 2.38. The van der Waals surface area contributed by atoms with Crippen molar-refractivity contribution in [1.82, 2.24) is 24.8 Å². The molecule has 1 unspecified atom stereocenters. The van der Waals surface area contributed by atoms with Gasteiger partial charge in [-0.2, -0.15) is 18.2 Å². The van der Waals surface area contributed by atoms with Crippen molar-refractivity contribution in [1.29, 1.82) is 0 Å². The predicted molar refractivity (Wildman–Crippen MR) is 135 cm³/mol.